The molecule has 0 aromatic heterocycles. The largest absolute Gasteiger partial charge is 0.495 e. The van der Waals surface area contributed by atoms with Crippen molar-refractivity contribution >= 4 is 27.3 Å². The number of sulfonamides is 1. The number of hydrogen-bond acceptors (Lipinski definition) is 7. The first-order chi connectivity index (χ1) is 15.5. The molecular weight excluding hydrogens is 450 g/mol. The van der Waals surface area contributed by atoms with Crippen LogP contribution in [0.1, 0.15) is 24.5 Å². The van der Waals surface area contributed by atoms with Gasteiger partial charge in [-0.3, -0.25) is 19.2 Å². The number of aryl methyl sites for hydroxylation is 2. The van der Waals surface area contributed by atoms with Crippen molar-refractivity contribution in [1.29, 1.82) is 0 Å². The molecule has 180 valence electrons. The summed E-state index contributed by atoms with van der Waals surface area (Å²) in [4.78, 5) is 23.5. The van der Waals surface area contributed by atoms with Crippen LogP contribution in [0.2, 0.25) is 0 Å². The third kappa shape index (κ3) is 6.58. The number of carbonyl (C=O) groups is 1. The molecule has 0 aliphatic rings. The highest BCUT2D eigenvalue weighted by Crippen LogP contribution is 2.35. The molecule has 0 radical (unpaired) electrons. The lowest BCUT2D eigenvalue weighted by Gasteiger charge is -2.30. The van der Waals surface area contributed by atoms with Gasteiger partial charge in [0.15, 0.2) is 0 Å². The van der Waals surface area contributed by atoms with E-state index in [4.69, 9.17) is 9.47 Å². The fourth-order valence-electron chi connectivity index (χ4n) is 3.32. The summed E-state index contributed by atoms with van der Waals surface area (Å²) in [5.74, 6) is 0.243. The maximum absolute atomic E-state index is 12.9. The smallest absolute Gasteiger partial charge is 0.271 e. The number of amides is 1. The molecule has 1 N–H and O–H groups in total. The Bertz CT molecular complexity index is 1120. The molecule has 0 spiro atoms. The second-order valence-electron chi connectivity index (χ2n) is 7.50. The number of rotatable bonds is 11. The number of nitro benzene ring substituents is 1. The van der Waals surface area contributed by atoms with E-state index in [2.05, 4.69) is 5.32 Å². The molecule has 0 aliphatic carbocycles. The van der Waals surface area contributed by atoms with Gasteiger partial charge in [0.25, 0.3) is 5.69 Å². The molecule has 10 nitrogen and oxygen atoms in total. The van der Waals surface area contributed by atoms with Crippen LogP contribution in [-0.2, 0) is 14.8 Å². The van der Waals surface area contributed by atoms with E-state index in [1.165, 1.54) is 19.2 Å². The van der Waals surface area contributed by atoms with Crippen molar-refractivity contribution in [3.05, 3.63) is 57.6 Å². The zero-order valence-electron chi connectivity index (χ0n) is 19.3. The van der Waals surface area contributed by atoms with Crippen LogP contribution in [0.4, 0.5) is 11.4 Å². The molecule has 0 unspecified atom stereocenters. The van der Waals surface area contributed by atoms with Gasteiger partial charge in [-0.1, -0.05) is 19.1 Å². The second kappa shape index (κ2) is 11.0. The lowest BCUT2D eigenvalue weighted by Crippen LogP contribution is -2.50. The van der Waals surface area contributed by atoms with Crippen LogP contribution < -0.4 is 19.1 Å². The van der Waals surface area contributed by atoms with Crippen molar-refractivity contribution in [3.63, 3.8) is 0 Å². The number of methoxy groups -OCH3 is 1. The minimum Gasteiger partial charge on any atom is -0.495 e. The van der Waals surface area contributed by atoms with E-state index < -0.39 is 26.9 Å². The van der Waals surface area contributed by atoms with Crippen molar-refractivity contribution in [2.45, 2.75) is 33.2 Å². The fourth-order valence-corrected chi connectivity index (χ4v) is 4.52. The summed E-state index contributed by atoms with van der Waals surface area (Å²) in [6, 6.07) is 8.25. The number of non-ortho nitro benzene ring substituents is 1. The molecule has 2 aromatic carbocycles. The Balaban J connectivity index is 2.23. The van der Waals surface area contributed by atoms with Gasteiger partial charge in [0, 0.05) is 12.1 Å². The molecule has 2 aromatic rings. The summed E-state index contributed by atoms with van der Waals surface area (Å²) in [6.45, 7) is 5.84. The molecule has 0 heterocycles. The average molecular weight is 480 g/mol. The van der Waals surface area contributed by atoms with Gasteiger partial charge in [0.2, 0.25) is 15.9 Å². The van der Waals surface area contributed by atoms with Gasteiger partial charge >= 0.3 is 0 Å². The van der Waals surface area contributed by atoms with Crippen LogP contribution in [0.25, 0.3) is 0 Å². The Morgan fingerprint density at radius 1 is 1.18 bits per heavy atom. The number of nitro groups is 1. The lowest BCUT2D eigenvalue weighted by molar-refractivity contribution is -0.384. The number of benzene rings is 2. The molecule has 1 atom stereocenters. The molecule has 0 aliphatic heterocycles. The molecule has 33 heavy (non-hydrogen) atoms. The summed E-state index contributed by atoms with van der Waals surface area (Å²) >= 11 is 0. The Labute approximate surface area is 193 Å². The Morgan fingerprint density at radius 2 is 1.88 bits per heavy atom. The van der Waals surface area contributed by atoms with Crippen LogP contribution in [0.3, 0.4) is 0 Å². The number of carbonyl (C=O) groups excluding carboxylic acids is 1. The van der Waals surface area contributed by atoms with Gasteiger partial charge < -0.3 is 14.8 Å². The molecule has 1 amide bonds. The first kappa shape index (κ1) is 25.9. The number of hydrogen-bond donors (Lipinski definition) is 1. The van der Waals surface area contributed by atoms with Gasteiger partial charge in [0.05, 0.1) is 24.8 Å². The third-order valence-electron chi connectivity index (χ3n) is 4.94. The van der Waals surface area contributed by atoms with E-state index >= 15 is 0 Å². The van der Waals surface area contributed by atoms with Crippen molar-refractivity contribution in [2.75, 3.05) is 30.8 Å². The Hall–Kier alpha value is -3.34. The maximum Gasteiger partial charge on any atom is 0.271 e. The predicted octanol–water partition coefficient (Wildman–Crippen LogP) is 2.96. The minimum absolute atomic E-state index is 0.0807. The quantitative estimate of drug-likeness (QED) is 0.298. The highest BCUT2D eigenvalue weighted by atomic mass is 32.2. The standard InChI is InChI=1S/C22H29N3O7S/c1-6-18(22(26)23-11-12-32-21-13-15(2)7-8-16(21)3)24(33(5,29)30)19-14-17(25(27)28)9-10-20(19)31-4/h7-10,13-14,18H,6,11-12H2,1-5H3,(H,23,26)/t18-/m0/s1. The van der Waals surface area contributed by atoms with Gasteiger partial charge in [-0.2, -0.15) is 0 Å². The van der Waals surface area contributed by atoms with Crippen LogP contribution in [0, 0.1) is 24.0 Å². The molecule has 11 heteroatoms. The van der Waals surface area contributed by atoms with E-state index in [1.807, 2.05) is 32.0 Å². The van der Waals surface area contributed by atoms with Crippen molar-refractivity contribution in [2.24, 2.45) is 0 Å². The Kier molecular flexibility index (Phi) is 8.63. The zero-order valence-corrected chi connectivity index (χ0v) is 20.1. The first-order valence-electron chi connectivity index (χ1n) is 10.3. The number of nitrogens with zero attached hydrogens (tertiary/aromatic N) is 2. The maximum atomic E-state index is 12.9. The van der Waals surface area contributed by atoms with Crippen molar-refractivity contribution in [1.82, 2.24) is 5.32 Å². The SMILES string of the molecule is CC[C@@H](C(=O)NCCOc1cc(C)ccc1C)N(c1cc([N+](=O)[O-])ccc1OC)S(C)(=O)=O. The highest BCUT2D eigenvalue weighted by Gasteiger charge is 2.34. The summed E-state index contributed by atoms with van der Waals surface area (Å²) in [5, 5.41) is 13.9. The summed E-state index contributed by atoms with van der Waals surface area (Å²) in [5.41, 5.74) is 1.60. The highest BCUT2D eigenvalue weighted by molar-refractivity contribution is 7.92. The molecule has 0 fully saturated rings. The van der Waals surface area contributed by atoms with E-state index in [0.29, 0.717) is 5.75 Å². The van der Waals surface area contributed by atoms with Crippen molar-refractivity contribution < 1.29 is 27.6 Å². The fraction of sp³-hybridized carbons (Fsp3) is 0.409. The van der Waals surface area contributed by atoms with Crippen LogP contribution in [-0.4, -0.2) is 51.8 Å². The number of anilines is 1. The van der Waals surface area contributed by atoms with E-state index in [-0.39, 0.29) is 36.7 Å². The number of nitrogens with one attached hydrogen (secondary N) is 1. The molecule has 0 saturated heterocycles. The van der Waals surface area contributed by atoms with Gasteiger partial charge in [-0.15, -0.1) is 0 Å². The van der Waals surface area contributed by atoms with Crippen LogP contribution >= 0.6 is 0 Å². The normalized spacial score (nSPS) is 12.0. The lowest BCUT2D eigenvalue weighted by atomic mass is 10.1. The van der Waals surface area contributed by atoms with Crippen LogP contribution in [0.15, 0.2) is 36.4 Å². The summed E-state index contributed by atoms with van der Waals surface area (Å²) in [7, 11) is -2.68. The predicted molar refractivity (Wildman–Crippen MR) is 125 cm³/mol. The molecule has 0 bridgehead atoms. The monoisotopic (exact) mass is 479 g/mol. The molecule has 0 saturated carbocycles. The van der Waals surface area contributed by atoms with Gasteiger partial charge in [-0.05, 0) is 43.5 Å². The van der Waals surface area contributed by atoms with Crippen molar-refractivity contribution in [3.8, 4) is 11.5 Å². The topological polar surface area (TPSA) is 128 Å². The number of ether oxygens (including phenoxy) is 2. The molecular formula is C22H29N3O7S. The van der Waals surface area contributed by atoms with Gasteiger partial charge in [-0.25, -0.2) is 8.42 Å². The minimum atomic E-state index is -3.99. The Morgan fingerprint density at radius 3 is 2.45 bits per heavy atom. The third-order valence-corrected chi connectivity index (χ3v) is 6.11. The van der Waals surface area contributed by atoms with Crippen LogP contribution in [0.5, 0.6) is 11.5 Å². The van der Waals surface area contributed by atoms with E-state index in [1.54, 1.807) is 6.92 Å². The second-order valence-corrected chi connectivity index (χ2v) is 9.36. The molecule has 2 rings (SSSR count). The first-order valence-corrected chi connectivity index (χ1v) is 12.1. The van der Waals surface area contributed by atoms with E-state index in [9.17, 15) is 23.3 Å². The average Bonchev–Trinajstić information content (AvgIpc) is 2.75. The summed E-state index contributed by atoms with van der Waals surface area (Å²) < 4.78 is 37.1. The summed E-state index contributed by atoms with van der Waals surface area (Å²) in [6.07, 6.45) is 1.06. The zero-order chi connectivity index (χ0) is 24.8. The van der Waals surface area contributed by atoms with Gasteiger partial charge in [0.1, 0.15) is 29.8 Å². The van der Waals surface area contributed by atoms with E-state index in [0.717, 1.165) is 27.8 Å².